The summed E-state index contributed by atoms with van der Waals surface area (Å²) in [6.07, 6.45) is 4.59. The number of hydrogen-bond donors (Lipinski definition) is 2. The number of carbonyl (C=O) groups is 1. The number of nitrogens with zero attached hydrogens (tertiary/aromatic N) is 2. The lowest BCUT2D eigenvalue weighted by Crippen LogP contribution is -2.45. The summed E-state index contributed by atoms with van der Waals surface area (Å²) in [5, 5.41) is 5.24. The Hall–Kier alpha value is -1.62. The third-order valence-corrected chi connectivity index (χ3v) is 3.39. The number of carbonyl (C=O) groups excluding carboxylic acids is 1. The summed E-state index contributed by atoms with van der Waals surface area (Å²) in [6.45, 7) is 6.76. The molecule has 0 unspecified atom stereocenters. The molecule has 0 bridgehead atoms. The van der Waals surface area contributed by atoms with Gasteiger partial charge in [-0.15, -0.1) is 0 Å². The maximum atomic E-state index is 12.3. The van der Waals surface area contributed by atoms with Crippen LogP contribution in [0, 0.1) is 6.92 Å². The fourth-order valence-corrected chi connectivity index (χ4v) is 2.36. The van der Waals surface area contributed by atoms with Crippen molar-refractivity contribution in [3.8, 4) is 0 Å². The van der Waals surface area contributed by atoms with Crippen molar-refractivity contribution in [3.63, 3.8) is 0 Å². The van der Waals surface area contributed by atoms with Crippen molar-refractivity contribution in [2.24, 2.45) is 0 Å². The Morgan fingerprint density at radius 3 is 2.75 bits per heavy atom. The summed E-state index contributed by atoms with van der Waals surface area (Å²) in [5.74, 6) is 0.729. The zero-order valence-electron chi connectivity index (χ0n) is 12.4. The Balaban J connectivity index is 2.02. The Morgan fingerprint density at radius 2 is 2.05 bits per heavy atom. The van der Waals surface area contributed by atoms with Gasteiger partial charge in [0.15, 0.2) is 0 Å². The highest BCUT2D eigenvalue weighted by Crippen LogP contribution is 2.12. The average Bonchev–Trinajstić information content (AvgIpc) is 2.45. The van der Waals surface area contributed by atoms with Crippen molar-refractivity contribution in [2.75, 3.05) is 25.0 Å². The summed E-state index contributed by atoms with van der Waals surface area (Å²) >= 11 is 0. The van der Waals surface area contributed by atoms with Crippen molar-refractivity contribution in [3.05, 3.63) is 23.4 Å². The number of nitrogens with one attached hydrogen (secondary N) is 2. The fourth-order valence-electron chi connectivity index (χ4n) is 2.36. The molecular formula is C15H24N4O. The number of aromatic nitrogens is 1. The number of hydrogen-bond acceptors (Lipinski definition) is 4. The predicted molar refractivity (Wildman–Crippen MR) is 80.6 cm³/mol. The second kappa shape index (κ2) is 7.24. The minimum atomic E-state index is -0.0445. The first-order chi connectivity index (χ1) is 9.69. The minimum absolute atomic E-state index is 0.0445. The van der Waals surface area contributed by atoms with Gasteiger partial charge in [-0.25, -0.2) is 9.99 Å². The molecule has 2 heterocycles. The van der Waals surface area contributed by atoms with Gasteiger partial charge in [-0.05, 0) is 38.3 Å². The number of rotatable bonds is 5. The summed E-state index contributed by atoms with van der Waals surface area (Å²) in [7, 11) is 0. The Labute approximate surface area is 120 Å². The van der Waals surface area contributed by atoms with Gasteiger partial charge < -0.3 is 5.32 Å². The van der Waals surface area contributed by atoms with Crippen LogP contribution < -0.4 is 10.7 Å². The second-order valence-corrected chi connectivity index (χ2v) is 5.30. The molecule has 1 aliphatic rings. The lowest BCUT2D eigenvalue weighted by atomic mass is 10.1. The van der Waals surface area contributed by atoms with E-state index < -0.39 is 0 Å². The number of pyridine rings is 1. The zero-order valence-corrected chi connectivity index (χ0v) is 12.4. The molecule has 1 aromatic rings. The molecule has 2 rings (SSSR count). The maximum absolute atomic E-state index is 12.3. The van der Waals surface area contributed by atoms with E-state index in [0.29, 0.717) is 5.56 Å². The van der Waals surface area contributed by atoms with E-state index in [2.05, 4.69) is 22.7 Å². The zero-order chi connectivity index (χ0) is 14.4. The molecule has 5 heteroatoms. The molecule has 0 radical (unpaired) electrons. The smallest absolute Gasteiger partial charge is 0.265 e. The third-order valence-electron chi connectivity index (χ3n) is 3.39. The van der Waals surface area contributed by atoms with E-state index in [-0.39, 0.29) is 5.91 Å². The molecule has 0 spiro atoms. The fraction of sp³-hybridized carbons (Fsp3) is 0.600. The van der Waals surface area contributed by atoms with Gasteiger partial charge in [0.05, 0.1) is 0 Å². The SMILES string of the molecule is CCCNc1cc(C(=O)NN2CCCCC2)cc(C)n1. The van der Waals surface area contributed by atoms with E-state index in [1.165, 1.54) is 6.42 Å². The average molecular weight is 276 g/mol. The molecule has 0 atom stereocenters. The Bertz CT molecular complexity index is 455. The summed E-state index contributed by atoms with van der Waals surface area (Å²) in [5.41, 5.74) is 4.51. The molecule has 1 aromatic heterocycles. The predicted octanol–water partition coefficient (Wildman–Crippen LogP) is 2.34. The van der Waals surface area contributed by atoms with Crippen LogP contribution in [0.4, 0.5) is 5.82 Å². The monoisotopic (exact) mass is 276 g/mol. The van der Waals surface area contributed by atoms with Gasteiger partial charge in [0, 0.05) is 30.9 Å². The molecule has 0 aromatic carbocycles. The number of piperidine rings is 1. The van der Waals surface area contributed by atoms with Crippen molar-refractivity contribution >= 4 is 11.7 Å². The standard InChI is InChI=1S/C15H24N4O/c1-3-7-16-14-11-13(10-12(2)17-14)15(20)18-19-8-5-4-6-9-19/h10-11H,3-9H2,1-2H3,(H,16,17)(H,18,20). The van der Waals surface area contributed by atoms with Gasteiger partial charge in [0.25, 0.3) is 5.91 Å². The van der Waals surface area contributed by atoms with Gasteiger partial charge in [0.2, 0.25) is 0 Å². The van der Waals surface area contributed by atoms with Gasteiger partial charge in [0.1, 0.15) is 5.82 Å². The second-order valence-electron chi connectivity index (χ2n) is 5.30. The first-order valence-corrected chi connectivity index (χ1v) is 7.47. The van der Waals surface area contributed by atoms with Crippen LogP contribution in [0.1, 0.15) is 48.7 Å². The lowest BCUT2D eigenvalue weighted by Gasteiger charge is -2.26. The lowest BCUT2D eigenvalue weighted by molar-refractivity contribution is 0.0750. The Kier molecular flexibility index (Phi) is 5.35. The van der Waals surface area contributed by atoms with Gasteiger partial charge >= 0.3 is 0 Å². The van der Waals surface area contributed by atoms with E-state index in [9.17, 15) is 4.79 Å². The van der Waals surface area contributed by atoms with Crippen molar-refractivity contribution < 1.29 is 4.79 Å². The molecule has 0 saturated carbocycles. The van der Waals surface area contributed by atoms with Crippen molar-refractivity contribution in [2.45, 2.75) is 39.5 Å². The summed E-state index contributed by atoms with van der Waals surface area (Å²) in [4.78, 5) is 16.7. The van der Waals surface area contributed by atoms with Crippen LogP contribution in [-0.4, -0.2) is 35.5 Å². The summed E-state index contributed by atoms with van der Waals surface area (Å²) in [6, 6.07) is 3.65. The molecule has 1 saturated heterocycles. The van der Waals surface area contributed by atoms with E-state index in [1.54, 1.807) is 0 Å². The summed E-state index contributed by atoms with van der Waals surface area (Å²) < 4.78 is 0. The van der Waals surface area contributed by atoms with Crippen molar-refractivity contribution in [1.29, 1.82) is 0 Å². The minimum Gasteiger partial charge on any atom is -0.370 e. The maximum Gasteiger partial charge on any atom is 0.265 e. The van der Waals surface area contributed by atoms with Crippen LogP contribution >= 0.6 is 0 Å². The molecule has 2 N–H and O–H groups in total. The number of anilines is 1. The first kappa shape index (κ1) is 14.8. The van der Waals surface area contributed by atoms with Crippen molar-refractivity contribution in [1.82, 2.24) is 15.4 Å². The van der Waals surface area contributed by atoms with Gasteiger partial charge in [-0.3, -0.25) is 10.2 Å². The largest absolute Gasteiger partial charge is 0.370 e. The van der Waals surface area contributed by atoms with E-state index >= 15 is 0 Å². The van der Waals surface area contributed by atoms with Gasteiger partial charge in [-0.1, -0.05) is 13.3 Å². The quantitative estimate of drug-likeness (QED) is 0.866. The highest BCUT2D eigenvalue weighted by Gasteiger charge is 2.15. The Morgan fingerprint density at radius 1 is 1.30 bits per heavy atom. The van der Waals surface area contributed by atoms with Crippen LogP contribution in [0.3, 0.4) is 0 Å². The van der Waals surface area contributed by atoms with Crippen LogP contribution in [-0.2, 0) is 0 Å². The molecule has 1 aliphatic heterocycles. The molecule has 0 aliphatic carbocycles. The number of hydrazine groups is 1. The molecule has 110 valence electrons. The van der Waals surface area contributed by atoms with Crippen LogP contribution in [0.15, 0.2) is 12.1 Å². The van der Waals surface area contributed by atoms with E-state index in [4.69, 9.17) is 0 Å². The highest BCUT2D eigenvalue weighted by molar-refractivity contribution is 5.94. The van der Waals surface area contributed by atoms with E-state index in [0.717, 1.165) is 50.4 Å². The number of amides is 1. The third kappa shape index (κ3) is 4.20. The highest BCUT2D eigenvalue weighted by atomic mass is 16.2. The van der Waals surface area contributed by atoms with Crippen LogP contribution in [0.25, 0.3) is 0 Å². The molecule has 1 amide bonds. The van der Waals surface area contributed by atoms with Crippen LogP contribution in [0.5, 0.6) is 0 Å². The molecule has 20 heavy (non-hydrogen) atoms. The normalized spacial score (nSPS) is 15.9. The molecular weight excluding hydrogens is 252 g/mol. The molecule has 5 nitrogen and oxygen atoms in total. The number of aryl methyl sites for hydroxylation is 1. The van der Waals surface area contributed by atoms with Gasteiger partial charge in [-0.2, -0.15) is 0 Å². The topological polar surface area (TPSA) is 57.3 Å². The van der Waals surface area contributed by atoms with Crippen LogP contribution in [0.2, 0.25) is 0 Å². The van der Waals surface area contributed by atoms with E-state index in [1.807, 2.05) is 24.1 Å². The molecule has 1 fully saturated rings. The first-order valence-electron chi connectivity index (χ1n) is 7.47.